The Labute approximate surface area is 246 Å². The minimum absolute atomic E-state index is 0.0969. The fourth-order valence-electron chi connectivity index (χ4n) is 5.66. The summed E-state index contributed by atoms with van der Waals surface area (Å²) in [7, 11) is 0. The summed E-state index contributed by atoms with van der Waals surface area (Å²) in [5.74, 6) is -0.584. The molecule has 2 atom stereocenters. The lowest BCUT2D eigenvalue weighted by molar-refractivity contribution is 0.0981. The van der Waals surface area contributed by atoms with E-state index in [0.29, 0.717) is 53.4 Å². The number of anilines is 3. The summed E-state index contributed by atoms with van der Waals surface area (Å²) in [5.41, 5.74) is 3.62. The second kappa shape index (κ2) is 11.0. The Balaban J connectivity index is 1.34. The number of benzene rings is 2. The van der Waals surface area contributed by atoms with Crippen molar-refractivity contribution < 1.29 is 19.1 Å². The number of fused-ring (bicyclic) bond motifs is 3. The molecule has 10 heteroatoms. The van der Waals surface area contributed by atoms with Gasteiger partial charge in [0.1, 0.15) is 17.3 Å². The Hall–Kier alpha value is -4.59. The van der Waals surface area contributed by atoms with Crippen LogP contribution in [0.1, 0.15) is 50.2 Å². The van der Waals surface area contributed by atoms with Crippen molar-refractivity contribution in [2.75, 3.05) is 28.2 Å². The number of amides is 2. The number of aliphatic hydroxyl groups is 1. The maximum atomic E-state index is 14.4. The summed E-state index contributed by atoms with van der Waals surface area (Å²) >= 11 is 1.27. The van der Waals surface area contributed by atoms with Crippen molar-refractivity contribution in [2.45, 2.75) is 38.8 Å². The topological polar surface area (TPSA) is 110 Å². The van der Waals surface area contributed by atoms with Crippen LogP contribution in [0.2, 0.25) is 0 Å². The van der Waals surface area contributed by atoms with Gasteiger partial charge in [-0.3, -0.25) is 9.59 Å². The maximum absolute atomic E-state index is 14.4. The lowest BCUT2D eigenvalue weighted by atomic mass is 10.0. The first-order chi connectivity index (χ1) is 20.2. The fraction of sp³-hybridized carbons (Fsp3) is 0.250. The minimum Gasteiger partial charge on any atom is -0.391 e. The van der Waals surface area contributed by atoms with Gasteiger partial charge in [0.2, 0.25) is 0 Å². The number of rotatable bonds is 4. The average molecular weight is 582 g/mol. The first-order valence-corrected chi connectivity index (χ1v) is 14.5. The Kier molecular flexibility index (Phi) is 7.22. The molecule has 2 amide bonds. The number of hydrogen-bond acceptors (Lipinski definition) is 7. The zero-order valence-electron chi connectivity index (χ0n) is 23.1. The molecule has 2 aliphatic rings. The monoisotopic (exact) mass is 581 g/mol. The van der Waals surface area contributed by atoms with E-state index in [1.165, 1.54) is 17.4 Å². The van der Waals surface area contributed by atoms with E-state index in [4.69, 9.17) is 0 Å². The Bertz CT molecular complexity index is 1740. The molecule has 8 nitrogen and oxygen atoms in total. The molecule has 0 unspecified atom stereocenters. The third-order valence-corrected chi connectivity index (χ3v) is 9.02. The van der Waals surface area contributed by atoms with Gasteiger partial charge in [-0.15, -0.1) is 11.3 Å². The van der Waals surface area contributed by atoms with E-state index in [2.05, 4.69) is 16.4 Å². The van der Waals surface area contributed by atoms with E-state index < -0.39 is 17.8 Å². The zero-order valence-corrected chi connectivity index (χ0v) is 23.9. The van der Waals surface area contributed by atoms with E-state index in [9.17, 15) is 24.3 Å². The molecular weight excluding hydrogens is 553 g/mol. The number of nitrogens with zero attached hydrogens (tertiary/aromatic N) is 4. The smallest absolute Gasteiger partial charge is 0.276 e. The molecule has 212 valence electrons. The summed E-state index contributed by atoms with van der Waals surface area (Å²) < 4.78 is 14.4. The van der Waals surface area contributed by atoms with Crippen LogP contribution < -0.4 is 15.1 Å². The molecular formula is C32H28FN5O3S. The van der Waals surface area contributed by atoms with Crippen molar-refractivity contribution in [1.29, 1.82) is 5.26 Å². The van der Waals surface area contributed by atoms with E-state index >= 15 is 0 Å². The van der Waals surface area contributed by atoms with Crippen molar-refractivity contribution in [3.8, 4) is 16.5 Å². The number of β-amino-alcohol motifs (C(OH)–C–C–N with tert-alkyl or cyclic N) is 1. The van der Waals surface area contributed by atoms with Gasteiger partial charge in [0, 0.05) is 29.6 Å². The number of nitriles is 1. The van der Waals surface area contributed by atoms with E-state index in [1.54, 1.807) is 60.4 Å². The van der Waals surface area contributed by atoms with Crippen LogP contribution in [0.15, 0.2) is 60.7 Å². The molecule has 0 aliphatic carbocycles. The number of aromatic nitrogens is 1. The van der Waals surface area contributed by atoms with E-state index in [0.717, 1.165) is 16.0 Å². The molecule has 2 N–H and O–H groups in total. The molecule has 6 rings (SSSR count). The number of hydrogen-bond donors (Lipinski definition) is 2. The third-order valence-electron chi connectivity index (χ3n) is 7.81. The molecule has 0 bridgehead atoms. The Morgan fingerprint density at radius 1 is 1.17 bits per heavy atom. The zero-order chi connectivity index (χ0) is 29.5. The number of carbonyl (C=O) groups excluding carboxylic acids is 2. The number of aliphatic hydroxyl groups excluding tert-OH is 1. The van der Waals surface area contributed by atoms with Gasteiger partial charge < -0.3 is 20.2 Å². The number of para-hydroxylation sites is 1. The van der Waals surface area contributed by atoms with Gasteiger partial charge in [-0.2, -0.15) is 5.26 Å². The van der Waals surface area contributed by atoms with Gasteiger partial charge in [-0.05, 0) is 74.2 Å². The number of halogens is 1. The predicted octanol–water partition coefficient (Wildman–Crippen LogP) is 5.54. The van der Waals surface area contributed by atoms with Crippen LogP contribution in [0.5, 0.6) is 0 Å². The highest BCUT2D eigenvalue weighted by Gasteiger charge is 2.31. The number of pyridine rings is 1. The lowest BCUT2D eigenvalue weighted by Gasteiger charge is -2.25. The molecule has 4 aromatic rings. The predicted molar refractivity (Wildman–Crippen MR) is 161 cm³/mol. The third kappa shape index (κ3) is 5.02. The van der Waals surface area contributed by atoms with Crippen LogP contribution >= 0.6 is 11.3 Å². The van der Waals surface area contributed by atoms with Gasteiger partial charge in [0.05, 0.1) is 34.0 Å². The minimum atomic E-state index is -0.502. The molecule has 2 aliphatic heterocycles. The van der Waals surface area contributed by atoms with Crippen molar-refractivity contribution in [3.63, 3.8) is 0 Å². The van der Waals surface area contributed by atoms with Crippen molar-refractivity contribution in [3.05, 3.63) is 93.7 Å². The van der Waals surface area contributed by atoms with Gasteiger partial charge in [-0.1, -0.05) is 24.3 Å². The summed E-state index contributed by atoms with van der Waals surface area (Å²) in [4.78, 5) is 36.7. The lowest BCUT2D eigenvalue weighted by Crippen LogP contribution is -2.34. The maximum Gasteiger partial charge on any atom is 0.276 e. The SMILES string of the molecule is Cc1cccc(F)c1NC(=O)c1cc2c(s1)-c1ccc(C#N)cc1N(C(=O)c1cccc(N3C[C@H](O)C[C@@H]3C)n1)CC2. The Morgan fingerprint density at radius 3 is 2.71 bits per heavy atom. The summed E-state index contributed by atoms with van der Waals surface area (Å²) in [6, 6.07) is 19.2. The largest absolute Gasteiger partial charge is 0.391 e. The molecule has 0 spiro atoms. The van der Waals surface area contributed by atoms with Crippen molar-refractivity contribution >= 4 is 40.3 Å². The first-order valence-electron chi connectivity index (χ1n) is 13.7. The average Bonchev–Trinajstić information content (AvgIpc) is 3.53. The molecule has 0 radical (unpaired) electrons. The fourth-order valence-corrected chi connectivity index (χ4v) is 6.80. The highest BCUT2D eigenvalue weighted by molar-refractivity contribution is 7.17. The van der Waals surface area contributed by atoms with Crippen LogP contribution in [-0.4, -0.2) is 47.1 Å². The van der Waals surface area contributed by atoms with E-state index in [1.807, 2.05) is 17.9 Å². The van der Waals surface area contributed by atoms with Crippen LogP contribution in [0.25, 0.3) is 10.4 Å². The number of thiophene rings is 1. The summed E-state index contributed by atoms with van der Waals surface area (Å²) in [5, 5.41) is 22.5. The van der Waals surface area contributed by atoms with Gasteiger partial charge >= 0.3 is 0 Å². The van der Waals surface area contributed by atoms with Crippen LogP contribution in [-0.2, 0) is 6.42 Å². The highest BCUT2D eigenvalue weighted by Crippen LogP contribution is 2.42. The summed E-state index contributed by atoms with van der Waals surface area (Å²) in [6.45, 7) is 4.51. The normalized spacial score (nSPS) is 17.7. The second-order valence-corrected chi connectivity index (χ2v) is 11.7. The van der Waals surface area contributed by atoms with E-state index in [-0.39, 0.29) is 23.3 Å². The molecule has 2 aromatic heterocycles. The van der Waals surface area contributed by atoms with Gasteiger partial charge in [0.15, 0.2) is 0 Å². The van der Waals surface area contributed by atoms with Crippen LogP contribution in [0, 0.1) is 24.1 Å². The quantitative estimate of drug-likeness (QED) is 0.327. The highest BCUT2D eigenvalue weighted by atomic mass is 32.1. The molecule has 4 heterocycles. The number of aryl methyl sites for hydroxylation is 1. The number of carbonyl (C=O) groups is 2. The van der Waals surface area contributed by atoms with Crippen molar-refractivity contribution in [1.82, 2.24) is 4.98 Å². The Morgan fingerprint density at radius 2 is 1.98 bits per heavy atom. The molecule has 2 aromatic carbocycles. The van der Waals surface area contributed by atoms with Crippen LogP contribution in [0.4, 0.5) is 21.6 Å². The van der Waals surface area contributed by atoms with Gasteiger partial charge in [-0.25, -0.2) is 9.37 Å². The number of nitrogens with one attached hydrogen (secondary N) is 1. The van der Waals surface area contributed by atoms with Crippen LogP contribution in [0.3, 0.4) is 0 Å². The van der Waals surface area contributed by atoms with Gasteiger partial charge in [0.25, 0.3) is 11.8 Å². The van der Waals surface area contributed by atoms with Crippen molar-refractivity contribution in [2.24, 2.45) is 0 Å². The molecule has 1 saturated heterocycles. The standard InChI is InChI=1S/C32H28FN5O3S/c1-18-5-3-6-24(33)29(18)36-31(40)27-15-21-11-12-37(26-14-20(16-34)9-10-23(26)30(21)42-27)32(41)25-7-4-8-28(35-25)38-17-22(39)13-19(38)2/h3-10,14-15,19,22,39H,11-13,17H2,1-2H3,(H,36,40)/t19-,22+/m0/s1. The second-order valence-electron chi connectivity index (χ2n) is 10.7. The summed E-state index contributed by atoms with van der Waals surface area (Å²) in [6.07, 6.45) is 0.665. The molecule has 42 heavy (non-hydrogen) atoms. The first kappa shape index (κ1) is 27.6. The molecule has 1 fully saturated rings. The molecule has 0 saturated carbocycles.